The first-order valence-corrected chi connectivity index (χ1v) is 10.6. The van der Waals surface area contributed by atoms with Crippen LogP contribution in [0.1, 0.15) is 44.2 Å². The molecule has 1 unspecified atom stereocenters. The molecule has 0 aromatic carbocycles. The van der Waals surface area contributed by atoms with Crippen molar-refractivity contribution in [1.29, 1.82) is 0 Å². The van der Waals surface area contributed by atoms with Crippen molar-refractivity contribution < 1.29 is 8.42 Å². The van der Waals surface area contributed by atoms with E-state index in [-0.39, 0.29) is 17.5 Å². The Kier molecular flexibility index (Phi) is 5.38. The first-order chi connectivity index (χ1) is 11.5. The van der Waals surface area contributed by atoms with Crippen LogP contribution in [0.5, 0.6) is 0 Å². The van der Waals surface area contributed by atoms with Crippen molar-refractivity contribution in [2.75, 3.05) is 28.7 Å². The summed E-state index contributed by atoms with van der Waals surface area (Å²) in [7, 11) is -2.89. The van der Waals surface area contributed by atoms with E-state index in [0.29, 0.717) is 18.2 Å². The molecule has 2 heterocycles. The molecule has 1 aliphatic heterocycles. The number of aryl methyl sites for hydroxylation is 1. The number of anilines is 2. The number of nitrogens with one attached hydrogen (secondary N) is 2. The van der Waals surface area contributed by atoms with Crippen LogP contribution in [0.4, 0.5) is 11.8 Å². The van der Waals surface area contributed by atoms with Crippen molar-refractivity contribution >= 4 is 21.6 Å². The molecule has 3 rings (SSSR count). The Morgan fingerprint density at radius 1 is 1.29 bits per heavy atom. The normalized spacial score (nSPS) is 22.9. The minimum Gasteiger partial charge on any atom is -0.366 e. The second kappa shape index (κ2) is 7.51. The van der Waals surface area contributed by atoms with Crippen molar-refractivity contribution in [3.8, 4) is 0 Å². The zero-order valence-corrected chi connectivity index (χ0v) is 15.0. The zero-order valence-electron chi connectivity index (χ0n) is 14.2. The third-order valence-electron chi connectivity index (χ3n) is 4.55. The van der Waals surface area contributed by atoms with Crippen LogP contribution in [0.3, 0.4) is 0 Å². The topological polar surface area (TPSA) is 84.0 Å². The van der Waals surface area contributed by atoms with E-state index in [9.17, 15) is 8.42 Å². The zero-order chi connectivity index (χ0) is 17.0. The van der Waals surface area contributed by atoms with Gasteiger partial charge in [-0.05, 0) is 45.4 Å². The van der Waals surface area contributed by atoms with Gasteiger partial charge in [-0.2, -0.15) is 4.98 Å². The van der Waals surface area contributed by atoms with Gasteiger partial charge in [-0.25, -0.2) is 13.4 Å². The number of nitrogens with zero attached hydrogens (tertiary/aromatic N) is 2. The summed E-state index contributed by atoms with van der Waals surface area (Å²) >= 11 is 0. The average Bonchev–Trinajstić information content (AvgIpc) is 2.86. The molecule has 24 heavy (non-hydrogen) atoms. The summed E-state index contributed by atoms with van der Waals surface area (Å²) in [4.78, 5) is 8.90. The second-order valence-electron chi connectivity index (χ2n) is 6.75. The van der Waals surface area contributed by atoms with Gasteiger partial charge in [0.1, 0.15) is 5.82 Å². The van der Waals surface area contributed by atoms with Gasteiger partial charge in [-0.3, -0.25) is 0 Å². The molecule has 1 fully saturated rings. The van der Waals surface area contributed by atoms with E-state index in [1.54, 1.807) is 0 Å². The van der Waals surface area contributed by atoms with Crippen molar-refractivity contribution in [2.45, 2.75) is 51.5 Å². The molecule has 0 spiro atoms. The fourth-order valence-corrected chi connectivity index (χ4v) is 4.98. The Balaban J connectivity index is 1.56. The summed E-state index contributed by atoms with van der Waals surface area (Å²) in [5.41, 5.74) is 2.39. The first-order valence-electron chi connectivity index (χ1n) is 8.75. The largest absolute Gasteiger partial charge is 0.366 e. The molecule has 0 bridgehead atoms. The number of hydrogen-bond acceptors (Lipinski definition) is 6. The Morgan fingerprint density at radius 3 is 2.88 bits per heavy atom. The van der Waals surface area contributed by atoms with Crippen LogP contribution >= 0.6 is 0 Å². The Hall–Kier alpha value is -1.63. The molecular weight excluding hydrogens is 324 g/mol. The van der Waals surface area contributed by atoms with Crippen molar-refractivity contribution in [3.05, 3.63) is 23.4 Å². The minimum absolute atomic E-state index is 0.0513. The van der Waals surface area contributed by atoms with Gasteiger partial charge in [0.05, 0.1) is 11.5 Å². The van der Waals surface area contributed by atoms with E-state index >= 15 is 0 Å². The van der Waals surface area contributed by atoms with Crippen molar-refractivity contribution in [3.63, 3.8) is 0 Å². The van der Waals surface area contributed by atoms with E-state index in [4.69, 9.17) is 0 Å². The summed E-state index contributed by atoms with van der Waals surface area (Å²) in [5, 5.41) is 6.53. The lowest BCUT2D eigenvalue weighted by atomic mass is 9.97. The number of aromatic nitrogens is 2. The molecule has 6 nitrogen and oxygen atoms in total. The van der Waals surface area contributed by atoms with Gasteiger partial charge in [0.25, 0.3) is 0 Å². The molecule has 0 amide bonds. The lowest BCUT2D eigenvalue weighted by molar-refractivity contribution is 0.602. The summed E-state index contributed by atoms with van der Waals surface area (Å²) < 4.78 is 23.1. The van der Waals surface area contributed by atoms with E-state index in [0.717, 1.165) is 18.7 Å². The molecule has 1 aromatic rings. The minimum atomic E-state index is -2.89. The molecule has 2 N–H and O–H groups in total. The van der Waals surface area contributed by atoms with Crippen LogP contribution in [0.25, 0.3) is 0 Å². The van der Waals surface area contributed by atoms with E-state index in [1.807, 2.05) is 13.0 Å². The van der Waals surface area contributed by atoms with Gasteiger partial charge < -0.3 is 10.6 Å². The van der Waals surface area contributed by atoms with Gasteiger partial charge in [0.15, 0.2) is 9.84 Å². The molecule has 0 radical (unpaired) electrons. The third-order valence-corrected chi connectivity index (χ3v) is 6.32. The maximum atomic E-state index is 11.6. The van der Waals surface area contributed by atoms with Crippen molar-refractivity contribution in [2.24, 2.45) is 0 Å². The fraction of sp³-hybridized carbons (Fsp3) is 0.647. The van der Waals surface area contributed by atoms with E-state index < -0.39 is 9.84 Å². The average molecular weight is 350 g/mol. The van der Waals surface area contributed by atoms with Crippen LogP contribution in [-0.4, -0.2) is 42.5 Å². The highest BCUT2D eigenvalue weighted by atomic mass is 32.2. The van der Waals surface area contributed by atoms with Crippen molar-refractivity contribution in [1.82, 2.24) is 9.97 Å². The molecule has 132 valence electrons. The molecule has 2 aliphatic rings. The summed E-state index contributed by atoms with van der Waals surface area (Å²) in [6.45, 7) is 2.75. The van der Waals surface area contributed by atoms with E-state index in [1.165, 1.54) is 31.3 Å². The van der Waals surface area contributed by atoms with Gasteiger partial charge in [0.2, 0.25) is 5.95 Å². The SMILES string of the molecule is Cc1cc(NC2CCS(=O)(=O)C2)nc(NCCC2=CCCCC2)n1. The number of rotatable bonds is 6. The molecular formula is C17H26N4O2S. The maximum absolute atomic E-state index is 11.6. The molecule has 1 aliphatic carbocycles. The highest BCUT2D eigenvalue weighted by Gasteiger charge is 2.28. The quantitative estimate of drug-likeness (QED) is 0.768. The predicted molar refractivity (Wildman–Crippen MR) is 97.1 cm³/mol. The summed E-state index contributed by atoms with van der Waals surface area (Å²) in [5.74, 6) is 1.75. The highest BCUT2D eigenvalue weighted by molar-refractivity contribution is 7.91. The van der Waals surface area contributed by atoms with Crippen LogP contribution in [0.15, 0.2) is 17.7 Å². The van der Waals surface area contributed by atoms with Crippen LogP contribution < -0.4 is 10.6 Å². The Morgan fingerprint density at radius 2 is 2.17 bits per heavy atom. The molecule has 7 heteroatoms. The van der Waals surface area contributed by atoms with Gasteiger partial charge in [-0.15, -0.1) is 0 Å². The third kappa shape index (κ3) is 4.93. The molecule has 1 aromatic heterocycles. The molecule has 1 atom stereocenters. The standard InChI is InChI=1S/C17H26N4O2S/c1-13-11-16(20-15-8-10-24(22,23)12-15)21-17(19-13)18-9-7-14-5-3-2-4-6-14/h5,11,15H,2-4,6-10,12H2,1H3,(H2,18,19,20,21). The molecule has 1 saturated heterocycles. The lowest BCUT2D eigenvalue weighted by Gasteiger charge is -2.15. The highest BCUT2D eigenvalue weighted by Crippen LogP contribution is 2.20. The number of hydrogen-bond donors (Lipinski definition) is 2. The number of allylic oxidation sites excluding steroid dienone is 1. The Bertz CT molecular complexity index is 715. The predicted octanol–water partition coefficient (Wildman–Crippen LogP) is 2.69. The van der Waals surface area contributed by atoms with Gasteiger partial charge in [0, 0.05) is 24.3 Å². The fourth-order valence-electron chi connectivity index (χ4n) is 3.31. The summed E-state index contributed by atoms with van der Waals surface area (Å²) in [6.07, 6.45) is 9.04. The second-order valence-corrected chi connectivity index (χ2v) is 8.98. The molecule has 0 saturated carbocycles. The van der Waals surface area contributed by atoms with Crippen LogP contribution in [-0.2, 0) is 9.84 Å². The van der Waals surface area contributed by atoms with E-state index in [2.05, 4.69) is 26.7 Å². The monoisotopic (exact) mass is 350 g/mol. The first kappa shape index (κ1) is 17.2. The van der Waals surface area contributed by atoms with Crippen LogP contribution in [0.2, 0.25) is 0 Å². The maximum Gasteiger partial charge on any atom is 0.224 e. The van der Waals surface area contributed by atoms with Gasteiger partial charge >= 0.3 is 0 Å². The number of sulfone groups is 1. The summed E-state index contributed by atoms with van der Waals surface area (Å²) in [6, 6.07) is 1.81. The smallest absolute Gasteiger partial charge is 0.224 e. The van der Waals surface area contributed by atoms with Crippen LogP contribution in [0, 0.1) is 6.92 Å². The van der Waals surface area contributed by atoms with Gasteiger partial charge in [-0.1, -0.05) is 11.6 Å². The Labute approximate surface area is 144 Å². The lowest BCUT2D eigenvalue weighted by Crippen LogP contribution is -2.21.